The van der Waals surface area contributed by atoms with Gasteiger partial charge >= 0.3 is 0 Å². The van der Waals surface area contributed by atoms with E-state index in [4.69, 9.17) is 23.2 Å². The number of amides is 2. The number of nitrogens with one attached hydrogen (secondary N) is 2. The van der Waals surface area contributed by atoms with E-state index >= 15 is 0 Å². The van der Waals surface area contributed by atoms with E-state index in [1.807, 2.05) is 43.5 Å². The van der Waals surface area contributed by atoms with Crippen LogP contribution in [0, 0.1) is 6.92 Å². The van der Waals surface area contributed by atoms with Gasteiger partial charge in [0.1, 0.15) is 0 Å². The monoisotopic (exact) mass is 491 g/mol. The number of aryl methyl sites for hydroxylation is 1. The molecule has 0 unspecified atom stereocenters. The summed E-state index contributed by atoms with van der Waals surface area (Å²) in [6.45, 7) is 6.35. The zero-order chi connectivity index (χ0) is 23.3. The second-order valence-electron chi connectivity index (χ2n) is 7.14. The van der Waals surface area contributed by atoms with E-state index in [0.717, 1.165) is 5.56 Å². The summed E-state index contributed by atoms with van der Waals surface area (Å²) in [6, 6.07) is 11.9. The molecule has 0 aliphatic rings. The number of nitrogens with zero attached hydrogens (tertiary/aromatic N) is 3. The summed E-state index contributed by atoms with van der Waals surface area (Å²) in [5, 5.41) is 15.7. The number of carbonyl (C=O) groups is 2. The zero-order valence-electron chi connectivity index (χ0n) is 17.9. The first-order valence-corrected chi connectivity index (χ1v) is 11.7. The van der Waals surface area contributed by atoms with Crippen molar-refractivity contribution in [1.29, 1.82) is 0 Å². The van der Waals surface area contributed by atoms with Crippen LogP contribution in [0.4, 0.5) is 5.69 Å². The summed E-state index contributed by atoms with van der Waals surface area (Å²) in [6.07, 6.45) is 0. The van der Waals surface area contributed by atoms with E-state index in [1.54, 1.807) is 24.3 Å². The number of hydrogen-bond donors (Lipinski definition) is 2. The lowest BCUT2D eigenvalue weighted by atomic mass is 10.1. The van der Waals surface area contributed by atoms with Gasteiger partial charge in [-0.15, -0.1) is 10.2 Å². The van der Waals surface area contributed by atoms with Gasteiger partial charge in [0, 0.05) is 27.8 Å². The first kappa shape index (κ1) is 24.1. The molecule has 0 aliphatic carbocycles. The number of benzene rings is 2. The number of aromatic nitrogens is 3. The molecular weight excluding hydrogens is 469 g/mol. The van der Waals surface area contributed by atoms with E-state index in [-0.39, 0.29) is 23.6 Å². The Labute approximate surface area is 200 Å². The molecule has 3 rings (SSSR count). The Bertz CT molecular complexity index is 1120. The van der Waals surface area contributed by atoms with Crippen LogP contribution in [-0.2, 0) is 11.3 Å². The number of halogens is 2. The summed E-state index contributed by atoms with van der Waals surface area (Å²) in [5.41, 5.74) is 2.13. The number of anilines is 1. The Morgan fingerprint density at radius 1 is 1.12 bits per heavy atom. The van der Waals surface area contributed by atoms with Gasteiger partial charge in [0.25, 0.3) is 5.91 Å². The minimum absolute atomic E-state index is 0.131. The lowest BCUT2D eigenvalue weighted by Gasteiger charge is -2.15. The minimum atomic E-state index is -0.354. The smallest absolute Gasteiger partial charge is 0.251 e. The van der Waals surface area contributed by atoms with Crippen LogP contribution in [0.3, 0.4) is 0 Å². The van der Waals surface area contributed by atoms with Crippen LogP contribution in [0.1, 0.15) is 41.6 Å². The molecule has 0 saturated carbocycles. The van der Waals surface area contributed by atoms with E-state index in [9.17, 15) is 9.59 Å². The molecule has 0 spiro atoms. The third-order valence-electron chi connectivity index (χ3n) is 4.56. The molecule has 0 fully saturated rings. The number of thioether (sulfide) groups is 1. The minimum Gasteiger partial charge on any atom is -0.342 e. The van der Waals surface area contributed by atoms with Crippen molar-refractivity contribution in [2.75, 3.05) is 11.1 Å². The van der Waals surface area contributed by atoms with Crippen molar-refractivity contribution in [2.24, 2.45) is 0 Å². The van der Waals surface area contributed by atoms with Gasteiger partial charge in [-0.3, -0.25) is 9.59 Å². The van der Waals surface area contributed by atoms with Gasteiger partial charge in [-0.05, 0) is 51.1 Å². The third kappa shape index (κ3) is 6.25. The van der Waals surface area contributed by atoms with E-state index in [1.165, 1.54) is 11.8 Å². The van der Waals surface area contributed by atoms with E-state index < -0.39 is 0 Å². The number of hydrogen-bond acceptors (Lipinski definition) is 5. The molecule has 0 radical (unpaired) electrons. The highest BCUT2D eigenvalue weighted by atomic mass is 35.5. The van der Waals surface area contributed by atoms with E-state index in [0.29, 0.717) is 38.8 Å². The molecule has 1 atom stereocenters. The number of rotatable bonds is 8. The van der Waals surface area contributed by atoms with Crippen LogP contribution in [0.2, 0.25) is 10.0 Å². The Hall–Kier alpha value is -2.55. The molecule has 0 aliphatic heterocycles. The summed E-state index contributed by atoms with van der Waals surface area (Å²) < 4.78 is 1.88. The first-order chi connectivity index (χ1) is 15.3. The van der Waals surface area contributed by atoms with Crippen LogP contribution in [0.15, 0.2) is 47.6 Å². The Morgan fingerprint density at radius 2 is 1.84 bits per heavy atom. The second-order valence-corrected chi connectivity index (χ2v) is 8.96. The third-order valence-corrected chi connectivity index (χ3v) is 5.96. The predicted molar refractivity (Wildman–Crippen MR) is 129 cm³/mol. The maximum Gasteiger partial charge on any atom is 0.251 e. The SMILES string of the molecule is CCn1c(SCC(=O)Nc2cc(Cl)cc(Cl)c2)nnc1[C@H](C)NC(=O)c1cccc(C)c1. The predicted octanol–water partition coefficient (Wildman–Crippen LogP) is 5.14. The molecule has 1 aromatic heterocycles. The fraction of sp³-hybridized carbons (Fsp3) is 0.273. The molecule has 0 saturated heterocycles. The molecule has 168 valence electrons. The topological polar surface area (TPSA) is 88.9 Å². The molecule has 0 bridgehead atoms. The molecule has 7 nitrogen and oxygen atoms in total. The van der Waals surface area contributed by atoms with Crippen molar-refractivity contribution in [2.45, 2.75) is 38.5 Å². The zero-order valence-corrected chi connectivity index (χ0v) is 20.2. The Morgan fingerprint density at radius 3 is 2.50 bits per heavy atom. The number of carbonyl (C=O) groups excluding carboxylic acids is 2. The first-order valence-electron chi connectivity index (χ1n) is 9.96. The van der Waals surface area contributed by atoms with Crippen molar-refractivity contribution in [3.8, 4) is 0 Å². The second kappa shape index (κ2) is 10.8. The van der Waals surface area contributed by atoms with Crippen molar-refractivity contribution in [1.82, 2.24) is 20.1 Å². The lowest BCUT2D eigenvalue weighted by Crippen LogP contribution is -2.28. The molecule has 3 aromatic rings. The van der Waals surface area contributed by atoms with Gasteiger partial charge in [-0.1, -0.05) is 52.7 Å². The molecule has 32 heavy (non-hydrogen) atoms. The van der Waals surface area contributed by atoms with Crippen LogP contribution in [0.5, 0.6) is 0 Å². The maximum atomic E-state index is 12.6. The summed E-state index contributed by atoms with van der Waals surface area (Å²) in [7, 11) is 0. The van der Waals surface area contributed by atoms with Crippen LogP contribution in [-0.4, -0.2) is 32.3 Å². The molecule has 1 heterocycles. The van der Waals surface area contributed by atoms with Crippen molar-refractivity contribution < 1.29 is 9.59 Å². The van der Waals surface area contributed by atoms with Crippen molar-refractivity contribution in [3.63, 3.8) is 0 Å². The highest BCUT2D eigenvalue weighted by molar-refractivity contribution is 7.99. The van der Waals surface area contributed by atoms with Gasteiger partial charge in [0.05, 0.1) is 11.8 Å². The quantitative estimate of drug-likeness (QED) is 0.426. The average Bonchev–Trinajstić information content (AvgIpc) is 3.14. The highest BCUT2D eigenvalue weighted by Crippen LogP contribution is 2.24. The summed E-state index contributed by atoms with van der Waals surface area (Å²) in [5.74, 6) is 0.353. The van der Waals surface area contributed by atoms with Gasteiger partial charge in [-0.25, -0.2) is 0 Å². The fourth-order valence-electron chi connectivity index (χ4n) is 3.11. The van der Waals surface area contributed by atoms with Crippen molar-refractivity contribution >= 4 is 52.5 Å². The maximum absolute atomic E-state index is 12.6. The van der Waals surface area contributed by atoms with Gasteiger partial charge in [0.2, 0.25) is 5.91 Å². The van der Waals surface area contributed by atoms with E-state index in [2.05, 4.69) is 20.8 Å². The van der Waals surface area contributed by atoms with Gasteiger partial charge in [0.15, 0.2) is 11.0 Å². The lowest BCUT2D eigenvalue weighted by molar-refractivity contribution is -0.113. The van der Waals surface area contributed by atoms with Crippen LogP contribution >= 0.6 is 35.0 Å². The van der Waals surface area contributed by atoms with Gasteiger partial charge in [-0.2, -0.15) is 0 Å². The highest BCUT2D eigenvalue weighted by Gasteiger charge is 2.20. The fourth-order valence-corrected chi connectivity index (χ4v) is 4.44. The summed E-state index contributed by atoms with van der Waals surface area (Å²) >= 11 is 13.2. The normalized spacial score (nSPS) is 11.8. The average molecular weight is 492 g/mol. The molecular formula is C22H23Cl2N5O2S. The molecule has 10 heteroatoms. The molecule has 2 aromatic carbocycles. The van der Waals surface area contributed by atoms with Crippen LogP contribution in [0.25, 0.3) is 0 Å². The van der Waals surface area contributed by atoms with Crippen LogP contribution < -0.4 is 10.6 Å². The summed E-state index contributed by atoms with van der Waals surface area (Å²) in [4.78, 5) is 24.9. The Kier molecular flexibility index (Phi) is 8.17. The molecule has 2 N–H and O–H groups in total. The van der Waals surface area contributed by atoms with Gasteiger partial charge < -0.3 is 15.2 Å². The van der Waals surface area contributed by atoms with Crippen molar-refractivity contribution in [3.05, 3.63) is 69.5 Å². The Balaban J connectivity index is 1.63. The molecule has 2 amide bonds. The largest absolute Gasteiger partial charge is 0.342 e. The standard InChI is InChI=1S/C22H23Cl2N5O2S/c1-4-29-20(14(3)25-21(31)15-7-5-6-13(2)8-15)27-28-22(29)32-12-19(30)26-18-10-16(23)9-17(24)11-18/h5-11,14H,4,12H2,1-3H3,(H,25,31)(H,26,30)/t14-/m0/s1.